The van der Waals surface area contributed by atoms with Gasteiger partial charge >= 0.3 is 0 Å². The van der Waals surface area contributed by atoms with E-state index >= 15 is 0 Å². The van der Waals surface area contributed by atoms with Gasteiger partial charge in [-0.3, -0.25) is 4.79 Å². The van der Waals surface area contributed by atoms with Gasteiger partial charge in [-0.05, 0) is 50.3 Å². The zero-order valence-corrected chi connectivity index (χ0v) is 19.2. The fraction of sp³-hybridized carbons (Fsp3) is 0.360. The molecule has 4 rings (SSSR count). The molecule has 1 saturated heterocycles. The second kappa shape index (κ2) is 9.71. The number of anilines is 1. The number of thioether (sulfide) groups is 1. The Morgan fingerprint density at radius 2 is 1.94 bits per heavy atom. The predicted octanol–water partition coefficient (Wildman–Crippen LogP) is 5.39. The third-order valence-corrected chi connectivity index (χ3v) is 6.56. The minimum Gasteiger partial charge on any atom is -0.376 e. The average molecular weight is 436 g/mol. The number of nitrogens with zero attached hydrogens (tertiary/aromatic N) is 2. The monoisotopic (exact) mass is 435 g/mol. The molecule has 162 valence electrons. The lowest BCUT2D eigenvalue weighted by Crippen LogP contribution is -2.18. The molecule has 6 heteroatoms. The fourth-order valence-electron chi connectivity index (χ4n) is 4.16. The van der Waals surface area contributed by atoms with Gasteiger partial charge in [0.1, 0.15) is 0 Å². The first-order valence-corrected chi connectivity index (χ1v) is 11.7. The second-order valence-corrected chi connectivity index (χ2v) is 9.09. The summed E-state index contributed by atoms with van der Waals surface area (Å²) in [6.45, 7) is 7.70. The van der Waals surface area contributed by atoms with Crippen molar-refractivity contribution in [2.24, 2.45) is 0 Å². The summed E-state index contributed by atoms with van der Waals surface area (Å²) in [5, 5.41) is 3.93. The number of carbonyl (C=O) groups excluding carboxylic acids is 1. The van der Waals surface area contributed by atoms with Gasteiger partial charge in [0.25, 0.3) is 0 Å². The Morgan fingerprint density at radius 3 is 2.61 bits per heavy atom. The largest absolute Gasteiger partial charge is 0.376 e. The minimum absolute atomic E-state index is 0.0204. The van der Waals surface area contributed by atoms with Crippen molar-refractivity contribution in [2.45, 2.75) is 51.4 Å². The van der Waals surface area contributed by atoms with E-state index in [2.05, 4.69) is 46.1 Å². The second-order valence-electron chi connectivity index (χ2n) is 8.15. The quantitative estimate of drug-likeness (QED) is 0.506. The number of carbonyl (C=O) groups is 1. The van der Waals surface area contributed by atoms with Gasteiger partial charge in [-0.2, -0.15) is 0 Å². The summed E-state index contributed by atoms with van der Waals surface area (Å²) >= 11 is 1.47. The fourth-order valence-corrected chi connectivity index (χ4v) is 4.95. The molecule has 1 atom stereocenters. The van der Waals surface area contributed by atoms with Crippen LogP contribution in [-0.2, 0) is 16.1 Å². The van der Waals surface area contributed by atoms with E-state index in [0.29, 0.717) is 5.75 Å². The maximum absolute atomic E-state index is 12.7. The van der Waals surface area contributed by atoms with Crippen LogP contribution in [0.4, 0.5) is 5.69 Å². The Balaban J connectivity index is 1.50. The van der Waals surface area contributed by atoms with E-state index in [9.17, 15) is 4.79 Å². The summed E-state index contributed by atoms with van der Waals surface area (Å²) in [6, 6.07) is 14.4. The van der Waals surface area contributed by atoms with Crippen LogP contribution in [-0.4, -0.2) is 33.9 Å². The third-order valence-electron chi connectivity index (χ3n) is 5.57. The molecule has 31 heavy (non-hydrogen) atoms. The number of hydrogen-bond acceptors (Lipinski definition) is 4. The number of imidazole rings is 1. The molecule has 2 aromatic carbocycles. The molecule has 0 bridgehead atoms. The van der Waals surface area contributed by atoms with E-state index in [1.54, 1.807) is 0 Å². The molecule has 1 N–H and O–H groups in total. The molecule has 1 aromatic heterocycles. The highest BCUT2D eigenvalue weighted by molar-refractivity contribution is 7.99. The van der Waals surface area contributed by atoms with Crippen LogP contribution in [0.3, 0.4) is 0 Å². The highest BCUT2D eigenvalue weighted by atomic mass is 32.2. The Labute approximate surface area is 188 Å². The molecule has 1 fully saturated rings. The lowest BCUT2D eigenvalue weighted by molar-refractivity contribution is -0.113. The zero-order chi connectivity index (χ0) is 21.8. The Kier molecular flexibility index (Phi) is 6.78. The topological polar surface area (TPSA) is 56.2 Å². The number of hydrogen-bond donors (Lipinski definition) is 1. The summed E-state index contributed by atoms with van der Waals surface area (Å²) in [6.07, 6.45) is 4.25. The summed E-state index contributed by atoms with van der Waals surface area (Å²) in [4.78, 5) is 17.4. The molecule has 3 aromatic rings. The van der Waals surface area contributed by atoms with Crippen molar-refractivity contribution in [3.8, 4) is 11.3 Å². The van der Waals surface area contributed by atoms with Crippen LogP contribution in [0.1, 0.15) is 29.5 Å². The van der Waals surface area contributed by atoms with Crippen molar-refractivity contribution in [1.29, 1.82) is 0 Å². The van der Waals surface area contributed by atoms with Crippen LogP contribution in [0.5, 0.6) is 0 Å². The van der Waals surface area contributed by atoms with Crippen LogP contribution in [0, 0.1) is 20.8 Å². The third kappa shape index (κ3) is 5.20. The van der Waals surface area contributed by atoms with Gasteiger partial charge in [-0.1, -0.05) is 59.8 Å². The SMILES string of the molecule is Cc1cc(C)c(NC(=O)CSc2ncc(-c3ccccc3)n2CC2CCCO2)c(C)c1. The van der Waals surface area contributed by atoms with Crippen LogP contribution >= 0.6 is 11.8 Å². The van der Waals surface area contributed by atoms with E-state index in [4.69, 9.17) is 4.74 Å². The molecule has 0 radical (unpaired) electrons. The number of ether oxygens (including phenoxy) is 1. The maximum atomic E-state index is 12.7. The first-order valence-electron chi connectivity index (χ1n) is 10.7. The molecule has 1 aliphatic rings. The molecule has 0 aliphatic carbocycles. The number of nitrogens with one attached hydrogen (secondary N) is 1. The molecule has 2 heterocycles. The molecule has 1 aliphatic heterocycles. The van der Waals surface area contributed by atoms with Crippen molar-refractivity contribution < 1.29 is 9.53 Å². The lowest BCUT2D eigenvalue weighted by atomic mass is 10.1. The Bertz CT molecular complexity index is 1030. The first kappa shape index (κ1) is 21.7. The van der Waals surface area contributed by atoms with Gasteiger partial charge < -0.3 is 14.6 Å². The molecule has 1 amide bonds. The van der Waals surface area contributed by atoms with E-state index in [0.717, 1.165) is 59.2 Å². The van der Waals surface area contributed by atoms with E-state index in [1.165, 1.54) is 17.3 Å². The van der Waals surface area contributed by atoms with E-state index in [-0.39, 0.29) is 12.0 Å². The molecule has 0 spiro atoms. The number of aromatic nitrogens is 2. The van der Waals surface area contributed by atoms with E-state index in [1.807, 2.05) is 38.2 Å². The van der Waals surface area contributed by atoms with Crippen molar-refractivity contribution in [2.75, 3.05) is 17.7 Å². The summed E-state index contributed by atoms with van der Waals surface area (Å²) in [5.74, 6) is 0.289. The van der Waals surface area contributed by atoms with E-state index < -0.39 is 0 Å². The predicted molar refractivity (Wildman–Crippen MR) is 127 cm³/mol. The minimum atomic E-state index is -0.0204. The summed E-state index contributed by atoms with van der Waals surface area (Å²) in [5.41, 5.74) is 6.46. The standard InChI is InChI=1S/C25H29N3O2S/c1-17-12-18(2)24(19(3)13-17)27-23(29)16-31-25-26-14-22(20-8-5-4-6-9-20)28(25)15-21-10-7-11-30-21/h4-6,8-9,12-14,21H,7,10-11,15-16H2,1-3H3,(H,27,29). The van der Waals surface area contributed by atoms with Gasteiger partial charge in [0.15, 0.2) is 5.16 Å². The highest BCUT2D eigenvalue weighted by Crippen LogP contribution is 2.29. The zero-order valence-electron chi connectivity index (χ0n) is 18.4. The van der Waals surface area contributed by atoms with Crippen LogP contribution in [0.15, 0.2) is 53.8 Å². The molecule has 1 unspecified atom stereocenters. The molecular weight excluding hydrogens is 406 g/mol. The van der Waals surface area contributed by atoms with Crippen molar-refractivity contribution >= 4 is 23.4 Å². The number of benzene rings is 2. The Hall–Kier alpha value is -2.57. The van der Waals surface area contributed by atoms with Gasteiger partial charge in [0, 0.05) is 12.3 Å². The van der Waals surface area contributed by atoms with Gasteiger partial charge in [-0.25, -0.2) is 4.98 Å². The lowest BCUT2D eigenvalue weighted by Gasteiger charge is -2.16. The number of rotatable bonds is 7. The summed E-state index contributed by atoms with van der Waals surface area (Å²) < 4.78 is 8.08. The van der Waals surface area contributed by atoms with Crippen LogP contribution in [0.2, 0.25) is 0 Å². The van der Waals surface area contributed by atoms with Gasteiger partial charge in [0.2, 0.25) is 5.91 Å². The molecular formula is C25H29N3O2S. The van der Waals surface area contributed by atoms with Gasteiger partial charge in [-0.15, -0.1) is 0 Å². The number of amides is 1. The molecule has 0 saturated carbocycles. The normalized spacial score (nSPS) is 15.9. The molecule has 5 nitrogen and oxygen atoms in total. The Morgan fingerprint density at radius 1 is 1.19 bits per heavy atom. The maximum Gasteiger partial charge on any atom is 0.234 e. The van der Waals surface area contributed by atoms with Crippen LogP contribution in [0.25, 0.3) is 11.3 Å². The summed E-state index contributed by atoms with van der Waals surface area (Å²) in [7, 11) is 0. The van der Waals surface area contributed by atoms with Crippen molar-refractivity contribution in [3.05, 3.63) is 65.4 Å². The number of aryl methyl sites for hydroxylation is 3. The van der Waals surface area contributed by atoms with Gasteiger partial charge in [0.05, 0.1) is 30.3 Å². The first-order chi connectivity index (χ1) is 15.0. The van der Waals surface area contributed by atoms with Crippen molar-refractivity contribution in [3.63, 3.8) is 0 Å². The average Bonchev–Trinajstić information content (AvgIpc) is 3.40. The van der Waals surface area contributed by atoms with Crippen LogP contribution < -0.4 is 5.32 Å². The highest BCUT2D eigenvalue weighted by Gasteiger charge is 2.21. The smallest absolute Gasteiger partial charge is 0.234 e. The van der Waals surface area contributed by atoms with Crippen molar-refractivity contribution in [1.82, 2.24) is 9.55 Å².